The summed E-state index contributed by atoms with van der Waals surface area (Å²) in [6.45, 7) is 1.14. The molecular weight excluding hydrogens is 166 g/mol. The van der Waals surface area contributed by atoms with E-state index >= 15 is 0 Å². The van der Waals surface area contributed by atoms with Gasteiger partial charge in [-0.2, -0.15) is 0 Å². The third-order valence-corrected chi connectivity index (χ3v) is 0.888. The molecule has 0 aromatic heterocycles. The summed E-state index contributed by atoms with van der Waals surface area (Å²) in [6, 6.07) is 0. The van der Waals surface area contributed by atoms with Crippen LogP contribution < -0.4 is 0 Å². The third kappa shape index (κ3) is 8.40. The van der Waals surface area contributed by atoms with Crippen molar-refractivity contribution in [3.8, 4) is 0 Å². The fourth-order valence-corrected chi connectivity index (χ4v) is 0.500. The minimum Gasteiger partial charge on any atom is -0.323 e. The summed E-state index contributed by atoms with van der Waals surface area (Å²) in [5, 5.41) is 0. The van der Waals surface area contributed by atoms with Crippen LogP contribution in [0.2, 0.25) is 0 Å². The predicted molar refractivity (Wildman–Crippen MR) is 33.5 cm³/mol. The van der Waals surface area contributed by atoms with Crippen LogP contribution in [0.1, 0.15) is 0 Å². The molecule has 0 saturated heterocycles. The van der Waals surface area contributed by atoms with E-state index in [0.717, 1.165) is 6.66 Å². The van der Waals surface area contributed by atoms with Crippen molar-refractivity contribution in [3.05, 3.63) is 0 Å². The van der Waals surface area contributed by atoms with E-state index in [0.29, 0.717) is 0 Å². The van der Waals surface area contributed by atoms with Gasteiger partial charge in [0.15, 0.2) is 0 Å². The highest BCUT2D eigenvalue weighted by molar-refractivity contribution is 7.51. The van der Waals surface area contributed by atoms with Gasteiger partial charge in [0.05, 0.1) is 6.61 Å². The average Bonchev–Trinajstić information content (AvgIpc) is 1.63. The van der Waals surface area contributed by atoms with Crippen LogP contribution in [0.5, 0.6) is 0 Å². The summed E-state index contributed by atoms with van der Waals surface area (Å²) < 4.78 is 14.3. The maximum atomic E-state index is 10.3. The maximum Gasteiger partial charge on any atom is 0.352 e. The lowest BCUT2D eigenvalue weighted by atomic mass is 10.9. The van der Waals surface area contributed by atoms with Crippen molar-refractivity contribution in [1.82, 2.24) is 0 Å². The smallest absolute Gasteiger partial charge is 0.323 e. The van der Waals surface area contributed by atoms with Crippen LogP contribution in [0.15, 0.2) is 0 Å². The SMILES string of the molecule is CP(=O)(O)OOCCCl. The standard InChI is InChI=1S/C3H8ClO4P/c1-9(5,6)8-7-3-2-4/h2-3H2,1H3,(H,5,6). The van der Waals surface area contributed by atoms with Gasteiger partial charge < -0.3 is 4.89 Å². The van der Waals surface area contributed by atoms with E-state index in [1.54, 1.807) is 0 Å². The van der Waals surface area contributed by atoms with Crippen LogP contribution >= 0.6 is 19.2 Å². The first-order valence-corrected chi connectivity index (χ1v) is 4.79. The van der Waals surface area contributed by atoms with Crippen molar-refractivity contribution < 1.29 is 19.0 Å². The Morgan fingerprint density at radius 2 is 2.33 bits per heavy atom. The van der Waals surface area contributed by atoms with E-state index in [9.17, 15) is 4.57 Å². The van der Waals surface area contributed by atoms with E-state index in [1.807, 2.05) is 0 Å². The Balaban J connectivity index is 3.18. The summed E-state index contributed by atoms with van der Waals surface area (Å²) in [6.07, 6.45) is 0. The minimum absolute atomic E-state index is 0.111. The van der Waals surface area contributed by atoms with Crippen LogP contribution in [0.3, 0.4) is 0 Å². The quantitative estimate of drug-likeness (QED) is 0.227. The number of alkyl halides is 1. The van der Waals surface area contributed by atoms with Gasteiger partial charge in [-0.15, -0.1) is 16.3 Å². The van der Waals surface area contributed by atoms with Gasteiger partial charge in [0, 0.05) is 12.5 Å². The first kappa shape index (κ1) is 9.40. The molecule has 0 aliphatic rings. The molecular formula is C3H8ClO4P. The van der Waals surface area contributed by atoms with Crippen LogP contribution in [0, 0.1) is 0 Å². The van der Waals surface area contributed by atoms with Crippen molar-refractivity contribution in [2.45, 2.75) is 0 Å². The Hall–Kier alpha value is 0.400. The minimum atomic E-state index is -3.48. The van der Waals surface area contributed by atoms with Crippen LogP contribution in [0.4, 0.5) is 0 Å². The molecule has 1 unspecified atom stereocenters. The monoisotopic (exact) mass is 174 g/mol. The zero-order valence-electron chi connectivity index (χ0n) is 4.91. The lowest BCUT2D eigenvalue weighted by Crippen LogP contribution is -1.94. The summed E-state index contributed by atoms with van der Waals surface area (Å²) >= 11 is 5.15. The Bertz CT molecular complexity index is 110. The fraction of sp³-hybridized carbons (Fsp3) is 1.00. The van der Waals surface area contributed by atoms with Gasteiger partial charge in [-0.05, 0) is 0 Å². The molecule has 0 aliphatic carbocycles. The fourth-order valence-electron chi connectivity index (χ4n) is 0.167. The first-order chi connectivity index (χ1) is 4.06. The average molecular weight is 175 g/mol. The Kier molecular flexibility index (Phi) is 4.44. The summed E-state index contributed by atoms with van der Waals surface area (Å²) in [5.41, 5.74) is 0. The summed E-state index contributed by atoms with van der Waals surface area (Å²) in [7, 11) is -3.48. The molecule has 0 aliphatic heterocycles. The Labute approximate surface area is 58.2 Å². The highest BCUT2D eigenvalue weighted by atomic mass is 35.5. The molecule has 1 N–H and O–H groups in total. The van der Waals surface area contributed by atoms with Gasteiger partial charge in [-0.25, -0.2) is 4.89 Å². The molecule has 0 bridgehead atoms. The van der Waals surface area contributed by atoms with Crippen molar-refractivity contribution in [1.29, 1.82) is 0 Å². The molecule has 0 radical (unpaired) electrons. The molecule has 9 heavy (non-hydrogen) atoms. The van der Waals surface area contributed by atoms with E-state index in [2.05, 4.69) is 9.56 Å². The molecule has 0 saturated carbocycles. The van der Waals surface area contributed by atoms with Gasteiger partial charge in [0.2, 0.25) is 0 Å². The molecule has 6 heteroatoms. The lowest BCUT2D eigenvalue weighted by Gasteiger charge is -2.02. The highest BCUT2D eigenvalue weighted by Gasteiger charge is 2.09. The van der Waals surface area contributed by atoms with Gasteiger partial charge >= 0.3 is 7.60 Å². The molecule has 4 nitrogen and oxygen atoms in total. The van der Waals surface area contributed by atoms with Gasteiger partial charge in [-0.3, -0.25) is 4.57 Å². The molecule has 0 spiro atoms. The van der Waals surface area contributed by atoms with E-state index in [4.69, 9.17) is 16.5 Å². The van der Waals surface area contributed by atoms with Crippen LogP contribution in [-0.2, 0) is 14.1 Å². The van der Waals surface area contributed by atoms with Crippen molar-refractivity contribution in [2.24, 2.45) is 0 Å². The predicted octanol–water partition coefficient (Wildman–Crippen LogP) is 0.989. The zero-order valence-corrected chi connectivity index (χ0v) is 6.56. The highest BCUT2D eigenvalue weighted by Crippen LogP contribution is 2.36. The van der Waals surface area contributed by atoms with E-state index in [-0.39, 0.29) is 12.5 Å². The molecule has 0 aromatic rings. The second-order valence-corrected chi connectivity index (χ2v) is 3.52. The lowest BCUT2D eigenvalue weighted by molar-refractivity contribution is -0.206. The molecule has 1 atom stereocenters. The second-order valence-electron chi connectivity index (χ2n) is 1.39. The number of hydrogen-bond donors (Lipinski definition) is 1. The maximum absolute atomic E-state index is 10.3. The zero-order chi connectivity index (χ0) is 7.33. The molecule has 0 aromatic carbocycles. The van der Waals surface area contributed by atoms with E-state index < -0.39 is 7.60 Å². The second kappa shape index (κ2) is 4.25. The van der Waals surface area contributed by atoms with Gasteiger partial charge in [0.1, 0.15) is 0 Å². The third-order valence-electron chi connectivity index (χ3n) is 0.351. The number of halogens is 1. The number of rotatable bonds is 4. The van der Waals surface area contributed by atoms with E-state index in [1.165, 1.54) is 0 Å². The Morgan fingerprint density at radius 3 is 2.67 bits per heavy atom. The van der Waals surface area contributed by atoms with Gasteiger partial charge in [0.25, 0.3) is 0 Å². The molecule has 0 heterocycles. The summed E-state index contributed by atoms with van der Waals surface area (Å²) in [4.78, 5) is 12.6. The van der Waals surface area contributed by atoms with Crippen LogP contribution in [0.25, 0.3) is 0 Å². The molecule has 56 valence electrons. The normalized spacial score (nSPS) is 17.2. The largest absolute Gasteiger partial charge is 0.352 e. The molecule has 0 rings (SSSR count). The van der Waals surface area contributed by atoms with Crippen molar-refractivity contribution in [3.63, 3.8) is 0 Å². The summed E-state index contributed by atoms with van der Waals surface area (Å²) in [5.74, 6) is 0.236. The topological polar surface area (TPSA) is 55.8 Å². The number of hydrogen-bond acceptors (Lipinski definition) is 3. The van der Waals surface area contributed by atoms with Crippen molar-refractivity contribution in [2.75, 3.05) is 19.2 Å². The van der Waals surface area contributed by atoms with Crippen molar-refractivity contribution >= 4 is 19.2 Å². The molecule has 0 fully saturated rings. The Morgan fingerprint density at radius 1 is 1.78 bits per heavy atom. The molecule has 0 amide bonds. The first-order valence-electron chi connectivity index (χ1n) is 2.23. The van der Waals surface area contributed by atoms with Crippen LogP contribution in [-0.4, -0.2) is 24.0 Å². The van der Waals surface area contributed by atoms with Gasteiger partial charge in [-0.1, -0.05) is 0 Å².